The number of thioether (sulfide) groups is 1. The van der Waals surface area contributed by atoms with Crippen molar-refractivity contribution in [2.75, 3.05) is 11.5 Å². The van der Waals surface area contributed by atoms with Crippen LogP contribution in [0.1, 0.15) is 33.0 Å². The number of rotatable bonds is 8. The number of carbonyl (C=O) groups excluding carboxylic acids is 3. The third-order valence-corrected chi connectivity index (χ3v) is 6.58. The van der Waals surface area contributed by atoms with Gasteiger partial charge in [-0.15, -0.1) is 11.8 Å². The van der Waals surface area contributed by atoms with E-state index in [0.29, 0.717) is 17.7 Å². The lowest BCUT2D eigenvalue weighted by Crippen LogP contribution is -2.71. The van der Waals surface area contributed by atoms with Crippen molar-refractivity contribution >= 4 is 57.9 Å². The van der Waals surface area contributed by atoms with Crippen molar-refractivity contribution in [2.45, 2.75) is 44.2 Å². The SMILES string of the molecule is CCC1=C(C(=O)[O-])N2C(=O)C(NC(=O)/C(=N\OC(C)(C)C(=O)O)c3nsc(N)n3)C2SC1. The lowest BCUT2D eigenvalue weighted by atomic mass is 10.0. The number of amides is 2. The average molecular weight is 484 g/mol. The molecular weight excluding hydrogens is 464 g/mol. The Kier molecular flexibility index (Phi) is 6.41. The van der Waals surface area contributed by atoms with Crippen LogP contribution in [0.4, 0.5) is 5.13 Å². The first-order valence-corrected chi connectivity index (χ1v) is 11.1. The van der Waals surface area contributed by atoms with E-state index in [-0.39, 0.29) is 16.7 Å². The number of fused-ring (bicyclic) bond motifs is 1. The summed E-state index contributed by atoms with van der Waals surface area (Å²) >= 11 is 2.08. The normalized spacial score (nSPS) is 21.0. The fourth-order valence-corrected chi connectivity index (χ4v) is 4.75. The number of carbonyl (C=O) groups is 4. The van der Waals surface area contributed by atoms with Gasteiger partial charge < -0.3 is 30.9 Å². The van der Waals surface area contributed by atoms with Crippen LogP contribution < -0.4 is 16.2 Å². The van der Waals surface area contributed by atoms with Crippen molar-refractivity contribution in [1.82, 2.24) is 19.6 Å². The average Bonchev–Trinajstić information content (AvgIpc) is 3.16. The summed E-state index contributed by atoms with van der Waals surface area (Å²) in [6, 6.07) is -1.05. The number of hydrogen-bond acceptors (Lipinski definition) is 12. The molecular formula is C17H19N6O7S2-. The third-order valence-electron chi connectivity index (χ3n) is 4.70. The molecule has 2 unspecified atom stereocenters. The van der Waals surface area contributed by atoms with Crippen molar-refractivity contribution < 1.29 is 34.2 Å². The minimum absolute atomic E-state index is 0.0301. The Labute approximate surface area is 189 Å². The van der Waals surface area contributed by atoms with Crippen molar-refractivity contribution in [3.05, 3.63) is 17.1 Å². The minimum atomic E-state index is -1.76. The lowest BCUT2D eigenvalue weighted by molar-refractivity contribution is -0.301. The van der Waals surface area contributed by atoms with Crippen LogP contribution in [0.3, 0.4) is 0 Å². The van der Waals surface area contributed by atoms with E-state index in [1.54, 1.807) is 6.92 Å². The largest absolute Gasteiger partial charge is 0.543 e. The third kappa shape index (κ3) is 4.25. The van der Waals surface area contributed by atoms with E-state index in [4.69, 9.17) is 10.6 Å². The number of aromatic nitrogens is 2. The highest BCUT2D eigenvalue weighted by Gasteiger charge is 2.53. The van der Waals surface area contributed by atoms with Crippen LogP contribution in [0.5, 0.6) is 0 Å². The number of nitrogen functional groups attached to an aromatic ring is 1. The molecule has 2 aliphatic rings. The first kappa shape index (κ1) is 23.5. The Hall–Kier alpha value is -3.20. The van der Waals surface area contributed by atoms with Crippen molar-refractivity contribution in [2.24, 2.45) is 5.16 Å². The zero-order chi connectivity index (χ0) is 23.8. The van der Waals surface area contributed by atoms with Crippen LogP contribution in [0.2, 0.25) is 0 Å². The predicted octanol–water partition coefficient (Wildman–Crippen LogP) is -1.48. The minimum Gasteiger partial charge on any atom is -0.543 e. The van der Waals surface area contributed by atoms with E-state index in [9.17, 15) is 29.4 Å². The molecule has 2 amide bonds. The van der Waals surface area contributed by atoms with Gasteiger partial charge in [-0.1, -0.05) is 12.1 Å². The molecule has 0 spiro atoms. The number of nitrogens with zero attached hydrogens (tertiary/aromatic N) is 4. The summed E-state index contributed by atoms with van der Waals surface area (Å²) in [5.41, 5.74) is 3.70. The highest BCUT2D eigenvalue weighted by Crippen LogP contribution is 2.40. The lowest BCUT2D eigenvalue weighted by Gasteiger charge is -2.50. The van der Waals surface area contributed by atoms with Gasteiger partial charge in [0, 0.05) is 17.3 Å². The van der Waals surface area contributed by atoms with Crippen LogP contribution in [0.15, 0.2) is 16.4 Å². The van der Waals surface area contributed by atoms with Gasteiger partial charge in [-0.2, -0.15) is 9.36 Å². The quantitative estimate of drug-likeness (QED) is 0.221. The zero-order valence-electron chi connectivity index (χ0n) is 17.1. The van der Waals surface area contributed by atoms with E-state index in [2.05, 4.69) is 19.8 Å². The number of anilines is 1. The van der Waals surface area contributed by atoms with Gasteiger partial charge in [0.2, 0.25) is 17.1 Å². The number of aliphatic carboxylic acids is 2. The first-order chi connectivity index (χ1) is 15.0. The molecule has 4 N–H and O–H groups in total. The number of carboxylic acid groups (broad SMARTS) is 2. The number of oxime groups is 1. The van der Waals surface area contributed by atoms with Gasteiger partial charge in [-0.25, -0.2) is 4.79 Å². The van der Waals surface area contributed by atoms with Crippen LogP contribution >= 0.6 is 23.3 Å². The molecule has 2 aliphatic heterocycles. The van der Waals surface area contributed by atoms with E-state index in [1.807, 2.05) is 0 Å². The molecule has 0 aromatic carbocycles. The molecule has 1 fully saturated rings. The van der Waals surface area contributed by atoms with Crippen LogP contribution in [0.25, 0.3) is 0 Å². The smallest absolute Gasteiger partial charge is 0.350 e. The first-order valence-electron chi connectivity index (χ1n) is 9.26. The Morgan fingerprint density at radius 3 is 2.66 bits per heavy atom. The zero-order valence-corrected chi connectivity index (χ0v) is 18.8. The Bertz CT molecular complexity index is 1050. The summed E-state index contributed by atoms with van der Waals surface area (Å²) in [7, 11) is 0. The molecule has 172 valence electrons. The number of nitrogens with one attached hydrogen (secondary N) is 1. The van der Waals surface area contributed by atoms with Gasteiger partial charge in [0.15, 0.2) is 5.13 Å². The fourth-order valence-electron chi connectivity index (χ4n) is 2.87. The van der Waals surface area contributed by atoms with Crippen LogP contribution in [0, 0.1) is 0 Å². The molecule has 0 saturated carbocycles. The summed E-state index contributed by atoms with van der Waals surface area (Å²) in [4.78, 5) is 58.3. The van der Waals surface area contributed by atoms with E-state index >= 15 is 0 Å². The second-order valence-electron chi connectivity index (χ2n) is 7.26. The van der Waals surface area contributed by atoms with E-state index < -0.39 is 46.5 Å². The number of carboxylic acids is 2. The van der Waals surface area contributed by atoms with Gasteiger partial charge in [0.05, 0.1) is 11.7 Å². The van der Waals surface area contributed by atoms with Gasteiger partial charge in [0.1, 0.15) is 11.4 Å². The summed E-state index contributed by atoms with van der Waals surface area (Å²) in [6.45, 7) is 4.22. The monoisotopic (exact) mass is 483 g/mol. The highest BCUT2D eigenvalue weighted by atomic mass is 32.2. The van der Waals surface area contributed by atoms with Gasteiger partial charge in [0.25, 0.3) is 11.8 Å². The van der Waals surface area contributed by atoms with E-state index in [0.717, 1.165) is 16.4 Å². The van der Waals surface area contributed by atoms with Crippen molar-refractivity contribution in [1.29, 1.82) is 0 Å². The summed E-state index contributed by atoms with van der Waals surface area (Å²) in [5.74, 6) is -4.18. The van der Waals surface area contributed by atoms with Crippen molar-refractivity contribution in [3.63, 3.8) is 0 Å². The van der Waals surface area contributed by atoms with E-state index in [1.165, 1.54) is 25.6 Å². The second kappa shape index (κ2) is 8.74. The molecule has 2 atom stereocenters. The standard InChI is InChI=1S/C17H20N6O7S2/c1-4-6-5-31-13-8(12(25)23(13)9(6)14(26)27)19-11(24)7(10-20-16(18)32-22-10)21-30-17(2,3)15(28)29/h8,13H,4-5H2,1-3H3,(H,19,24)(H,26,27)(H,28,29)(H2,18,20,22)/p-1/b21-7-. The molecule has 0 radical (unpaired) electrons. The highest BCUT2D eigenvalue weighted by molar-refractivity contribution is 8.00. The number of nitrogens with two attached hydrogens (primary N) is 1. The molecule has 1 aromatic heterocycles. The molecule has 1 saturated heterocycles. The molecule has 0 bridgehead atoms. The van der Waals surface area contributed by atoms with Gasteiger partial charge in [-0.3, -0.25) is 14.5 Å². The topological polar surface area (TPSA) is 200 Å². The Morgan fingerprint density at radius 2 is 2.12 bits per heavy atom. The summed E-state index contributed by atoms with van der Waals surface area (Å²) < 4.78 is 3.88. The van der Waals surface area contributed by atoms with Gasteiger partial charge in [-0.05, 0) is 25.8 Å². The maximum Gasteiger partial charge on any atom is 0.350 e. The fraction of sp³-hybridized carbons (Fsp3) is 0.471. The maximum absolute atomic E-state index is 12.9. The molecule has 0 aliphatic carbocycles. The summed E-state index contributed by atoms with van der Waals surface area (Å²) in [5, 5.41) is 26.2. The molecule has 3 rings (SSSR count). The molecule has 15 heteroatoms. The number of β-lactam (4-membered cyclic amide) rings is 1. The predicted molar refractivity (Wildman–Crippen MR) is 111 cm³/mol. The molecule has 1 aromatic rings. The maximum atomic E-state index is 12.9. The van der Waals surface area contributed by atoms with Crippen LogP contribution in [-0.2, 0) is 24.0 Å². The molecule has 13 nitrogen and oxygen atoms in total. The second-order valence-corrected chi connectivity index (χ2v) is 9.15. The molecule has 3 heterocycles. The summed E-state index contributed by atoms with van der Waals surface area (Å²) in [6.07, 6.45) is 0.439. The Morgan fingerprint density at radius 1 is 1.44 bits per heavy atom. The Balaban J connectivity index is 1.83. The van der Waals surface area contributed by atoms with Crippen molar-refractivity contribution in [3.8, 4) is 0 Å². The van der Waals surface area contributed by atoms with Gasteiger partial charge >= 0.3 is 5.97 Å². The number of hydrogen-bond donors (Lipinski definition) is 3. The molecule has 32 heavy (non-hydrogen) atoms. The van der Waals surface area contributed by atoms with Crippen LogP contribution in [-0.4, -0.2) is 71.6 Å².